The van der Waals surface area contributed by atoms with Gasteiger partial charge in [0.05, 0.1) is 24.2 Å². The fraction of sp³-hybridized carbons (Fsp3) is 0.562. The number of carbonyl (C=O) groups excluding carboxylic acids is 1. The number of amides is 1. The van der Waals surface area contributed by atoms with Gasteiger partial charge >= 0.3 is 0 Å². The Balaban J connectivity index is 1.64. The third-order valence-corrected chi connectivity index (χ3v) is 4.17. The highest BCUT2D eigenvalue weighted by Crippen LogP contribution is 2.24. The molecule has 2 N–H and O–H groups in total. The molecule has 0 aliphatic heterocycles. The Bertz CT molecular complexity index is 467. The van der Waals surface area contributed by atoms with E-state index in [1.54, 1.807) is 12.1 Å². The Morgan fingerprint density at radius 3 is 2.86 bits per heavy atom. The number of benzene rings is 1. The maximum atomic E-state index is 11.8. The van der Waals surface area contributed by atoms with Crippen molar-refractivity contribution in [2.75, 3.05) is 13.2 Å². The Morgan fingerprint density at radius 2 is 2.10 bits per heavy atom. The first-order valence-electron chi connectivity index (χ1n) is 7.49. The largest absolute Gasteiger partial charge is 0.491 e. The third kappa shape index (κ3) is 5.21. The van der Waals surface area contributed by atoms with Gasteiger partial charge in [0.15, 0.2) is 0 Å². The number of ether oxygens (including phenoxy) is 1. The van der Waals surface area contributed by atoms with Crippen LogP contribution in [-0.4, -0.2) is 30.3 Å². The summed E-state index contributed by atoms with van der Waals surface area (Å²) in [6, 6.07) is 7.20. The summed E-state index contributed by atoms with van der Waals surface area (Å²) in [5, 5.41) is 13.3. The van der Waals surface area contributed by atoms with E-state index >= 15 is 0 Å². The monoisotopic (exact) mass is 311 g/mol. The van der Waals surface area contributed by atoms with Crippen LogP contribution in [0, 0.1) is 5.92 Å². The highest BCUT2D eigenvalue weighted by Gasteiger charge is 2.23. The fourth-order valence-electron chi connectivity index (χ4n) is 2.57. The summed E-state index contributed by atoms with van der Waals surface area (Å²) in [4.78, 5) is 11.8. The number of hydrogen-bond acceptors (Lipinski definition) is 3. The maximum absolute atomic E-state index is 11.8. The lowest BCUT2D eigenvalue weighted by molar-refractivity contribution is -0.122. The minimum atomic E-state index is -0.279. The van der Waals surface area contributed by atoms with Gasteiger partial charge in [0, 0.05) is 12.5 Å². The maximum Gasteiger partial charge on any atom is 0.223 e. The zero-order chi connectivity index (χ0) is 15.1. The second-order valence-corrected chi connectivity index (χ2v) is 5.85. The van der Waals surface area contributed by atoms with Crippen molar-refractivity contribution in [3.05, 3.63) is 29.3 Å². The molecule has 1 fully saturated rings. The van der Waals surface area contributed by atoms with Crippen molar-refractivity contribution in [1.82, 2.24) is 5.32 Å². The van der Waals surface area contributed by atoms with Crippen LogP contribution in [0.3, 0.4) is 0 Å². The number of nitrogens with one attached hydrogen (secondary N) is 1. The molecule has 1 aromatic carbocycles. The number of rotatable bonds is 6. The molecule has 0 heterocycles. The van der Waals surface area contributed by atoms with Crippen LogP contribution in [0.15, 0.2) is 24.3 Å². The number of aliphatic hydroxyl groups is 1. The summed E-state index contributed by atoms with van der Waals surface area (Å²) in [5.41, 5.74) is 0. The van der Waals surface area contributed by atoms with Crippen LogP contribution in [0.25, 0.3) is 0 Å². The number of para-hydroxylation sites is 1. The Hall–Kier alpha value is -1.26. The molecule has 1 aliphatic rings. The highest BCUT2D eigenvalue weighted by atomic mass is 35.5. The van der Waals surface area contributed by atoms with Crippen molar-refractivity contribution in [2.45, 2.75) is 38.2 Å². The molecule has 4 nitrogen and oxygen atoms in total. The van der Waals surface area contributed by atoms with Crippen LogP contribution >= 0.6 is 11.6 Å². The predicted octanol–water partition coefficient (Wildman–Crippen LogP) is 2.78. The summed E-state index contributed by atoms with van der Waals surface area (Å²) >= 11 is 5.96. The standard InChI is InChI=1S/C16H22ClNO3/c17-13-6-2-4-8-15(13)21-10-9-16(20)18-11-12-5-1-3-7-14(12)19/h2,4,6,8,12,14,19H,1,3,5,7,9-11H2,(H,18,20). The molecule has 116 valence electrons. The van der Waals surface area contributed by atoms with E-state index in [4.69, 9.17) is 16.3 Å². The summed E-state index contributed by atoms with van der Waals surface area (Å²) < 4.78 is 5.48. The minimum Gasteiger partial charge on any atom is -0.491 e. The van der Waals surface area contributed by atoms with Gasteiger partial charge in [0.1, 0.15) is 5.75 Å². The van der Waals surface area contributed by atoms with E-state index in [1.807, 2.05) is 12.1 Å². The number of halogens is 1. The number of hydrogen-bond donors (Lipinski definition) is 2. The van der Waals surface area contributed by atoms with E-state index in [9.17, 15) is 9.90 Å². The molecule has 0 saturated heterocycles. The van der Waals surface area contributed by atoms with Crippen LogP contribution in [0.2, 0.25) is 5.02 Å². The average molecular weight is 312 g/mol. The molecule has 21 heavy (non-hydrogen) atoms. The molecule has 1 aromatic rings. The summed E-state index contributed by atoms with van der Waals surface area (Å²) in [6.07, 6.45) is 4.05. The van der Waals surface area contributed by atoms with Gasteiger partial charge in [-0.1, -0.05) is 36.6 Å². The van der Waals surface area contributed by atoms with Crippen LogP contribution in [0.1, 0.15) is 32.1 Å². The van der Waals surface area contributed by atoms with E-state index in [1.165, 1.54) is 0 Å². The zero-order valence-electron chi connectivity index (χ0n) is 12.1. The predicted molar refractivity (Wildman–Crippen MR) is 82.5 cm³/mol. The van der Waals surface area contributed by atoms with Crippen LogP contribution in [0.5, 0.6) is 5.75 Å². The molecule has 1 amide bonds. The van der Waals surface area contributed by atoms with E-state index < -0.39 is 0 Å². The first-order valence-corrected chi connectivity index (χ1v) is 7.86. The van der Waals surface area contributed by atoms with Crippen LogP contribution in [-0.2, 0) is 4.79 Å². The average Bonchev–Trinajstić information content (AvgIpc) is 2.48. The molecule has 5 heteroatoms. The Morgan fingerprint density at radius 1 is 1.33 bits per heavy atom. The molecule has 2 unspecified atom stereocenters. The molecule has 2 rings (SSSR count). The van der Waals surface area contributed by atoms with E-state index in [0.717, 1.165) is 25.7 Å². The van der Waals surface area contributed by atoms with Gasteiger partial charge in [-0.15, -0.1) is 0 Å². The highest BCUT2D eigenvalue weighted by molar-refractivity contribution is 6.32. The van der Waals surface area contributed by atoms with E-state index in [2.05, 4.69) is 5.32 Å². The van der Waals surface area contributed by atoms with Crippen molar-refractivity contribution >= 4 is 17.5 Å². The lowest BCUT2D eigenvalue weighted by Crippen LogP contribution is -2.37. The van der Waals surface area contributed by atoms with Crippen LogP contribution < -0.4 is 10.1 Å². The van der Waals surface area contributed by atoms with Gasteiger partial charge in [-0.25, -0.2) is 0 Å². The SMILES string of the molecule is O=C(CCOc1ccccc1Cl)NCC1CCCCC1O. The molecular formula is C16H22ClNO3. The topological polar surface area (TPSA) is 58.6 Å². The van der Waals surface area contributed by atoms with Crippen molar-refractivity contribution in [3.63, 3.8) is 0 Å². The van der Waals surface area contributed by atoms with Gasteiger partial charge in [-0.3, -0.25) is 4.79 Å². The Kier molecular flexibility index (Phi) is 6.33. The van der Waals surface area contributed by atoms with Crippen LogP contribution in [0.4, 0.5) is 0 Å². The number of aliphatic hydroxyl groups excluding tert-OH is 1. The quantitative estimate of drug-likeness (QED) is 0.849. The fourth-order valence-corrected chi connectivity index (χ4v) is 2.77. The van der Waals surface area contributed by atoms with Gasteiger partial charge in [-0.2, -0.15) is 0 Å². The second-order valence-electron chi connectivity index (χ2n) is 5.44. The second kappa shape index (κ2) is 8.25. The molecule has 0 spiro atoms. The summed E-state index contributed by atoms with van der Waals surface area (Å²) in [7, 11) is 0. The van der Waals surface area contributed by atoms with Gasteiger partial charge in [0.2, 0.25) is 5.91 Å². The zero-order valence-corrected chi connectivity index (χ0v) is 12.8. The minimum absolute atomic E-state index is 0.0557. The molecule has 2 atom stereocenters. The normalized spacial score (nSPS) is 21.8. The van der Waals surface area contributed by atoms with Crippen molar-refractivity contribution in [3.8, 4) is 5.75 Å². The Labute approximate surface area is 130 Å². The molecular weight excluding hydrogens is 290 g/mol. The van der Waals surface area contributed by atoms with Crippen molar-refractivity contribution < 1.29 is 14.6 Å². The summed E-state index contributed by atoms with van der Waals surface area (Å²) in [6.45, 7) is 0.842. The van der Waals surface area contributed by atoms with E-state index in [-0.39, 0.29) is 24.3 Å². The first-order chi connectivity index (χ1) is 10.2. The summed E-state index contributed by atoms with van der Waals surface area (Å²) in [5.74, 6) is 0.724. The van der Waals surface area contributed by atoms with Gasteiger partial charge in [-0.05, 0) is 25.0 Å². The first kappa shape index (κ1) is 16.1. The van der Waals surface area contributed by atoms with Crippen molar-refractivity contribution in [2.24, 2.45) is 5.92 Å². The van der Waals surface area contributed by atoms with Crippen molar-refractivity contribution in [1.29, 1.82) is 0 Å². The van der Waals surface area contributed by atoms with E-state index in [0.29, 0.717) is 23.9 Å². The molecule has 1 saturated carbocycles. The van der Waals surface area contributed by atoms with Gasteiger partial charge in [0.25, 0.3) is 0 Å². The molecule has 0 bridgehead atoms. The lowest BCUT2D eigenvalue weighted by Gasteiger charge is -2.27. The third-order valence-electron chi connectivity index (χ3n) is 3.85. The molecule has 0 radical (unpaired) electrons. The smallest absolute Gasteiger partial charge is 0.223 e. The number of carbonyl (C=O) groups is 1. The molecule has 1 aliphatic carbocycles. The molecule has 0 aromatic heterocycles. The lowest BCUT2D eigenvalue weighted by atomic mass is 9.86. The van der Waals surface area contributed by atoms with Gasteiger partial charge < -0.3 is 15.2 Å².